The van der Waals surface area contributed by atoms with Gasteiger partial charge >= 0.3 is 0 Å². The van der Waals surface area contributed by atoms with Crippen molar-refractivity contribution in [2.45, 2.75) is 20.0 Å². The summed E-state index contributed by atoms with van der Waals surface area (Å²) in [5.74, 6) is -0.659. The predicted molar refractivity (Wildman–Crippen MR) is 113 cm³/mol. The number of hydrogen-bond donors (Lipinski definition) is 1. The molecule has 1 aliphatic rings. The van der Waals surface area contributed by atoms with Gasteiger partial charge in [-0.25, -0.2) is 0 Å². The predicted octanol–water partition coefficient (Wildman–Crippen LogP) is 3.88. The number of ether oxygens (including phenoxy) is 2. The van der Waals surface area contributed by atoms with Gasteiger partial charge in [-0.05, 0) is 42.8 Å². The van der Waals surface area contributed by atoms with E-state index in [1.54, 1.807) is 23.1 Å². The summed E-state index contributed by atoms with van der Waals surface area (Å²) < 4.78 is 10.8. The SMILES string of the molecule is CCOCCOCc1cccc(NC(=O)C2CC(=O)N(c3cccc(Cl)c3)C2)c1. The Labute approximate surface area is 175 Å². The van der Waals surface area contributed by atoms with Crippen molar-refractivity contribution in [1.29, 1.82) is 0 Å². The van der Waals surface area contributed by atoms with E-state index in [1.165, 1.54) is 0 Å². The Kier molecular flexibility index (Phi) is 7.63. The molecule has 2 aromatic carbocycles. The summed E-state index contributed by atoms with van der Waals surface area (Å²) in [6, 6.07) is 14.6. The van der Waals surface area contributed by atoms with Gasteiger partial charge in [0.25, 0.3) is 0 Å². The molecule has 0 radical (unpaired) electrons. The first-order valence-corrected chi connectivity index (χ1v) is 10.1. The fourth-order valence-corrected chi connectivity index (χ4v) is 3.40. The van der Waals surface area contributed by atoms with Crippen molar-refractivity contribution >= 4 is 34.8 Å². The number of carbonyl (C=O) groups is 2. The highest BCUT2D eigenvalue weighted by molar-refractivity contribution is 6.31. The summed E-state index contributed by atoms with van der Waals surface area (Å²) in [6.45, 7) is 4.48. The lowest BCUT2D eigenvalue weighted by molar-refractivity contribution is -0.122. The van der Waals surface area contributed by atoms with Gasteiger partial charge in [-0.2, -0.15) is 0 Å². The first kappa shape index (κ1) is 21.3. The summed E-state index contributed by atoms with van der Waals surface area (Å²) >= 11 is 6.02. The van der Waals surface area contributed by atoms with Crippen LogP contribution in [0.1, 0.15) is 18.9 Å². The number of nitrogens with one attached hydrogen (secondary N) is 1. The van der Waals surface area contributed by atoms with Crippen LogP contribution in [0.5, 0.6) is 0 Å². The van der Waals surface area contributed by atoms with E-state index in [0.717, 1.165) is 5.56 Å². The van der Waals surface area contributed by atoms with E-state index in [1.807, 2.05) is 37.3 Å². The van der Waals surface area contributed by atoms with Crippen LogP contribution in [0.3, 0.4) is 0 Å². The summed E-state index contributed by atoms with van der Waals surface area (Å²) in [5.41, 5.74) is 2.36. The molecule has 154 valence electrons. The van der Waals surface area contributed by atoms with Crippen molar-refractivity contribution in [1.82, 2.24) is 0 Å². The van der Waals surface area contributed by atoms with Gasteiger partial charge in [0.2, 0.25) is 11.8 Å². The fourth-order valence-electron chi connectivity index (χ4n) is 3.21. The number of anilines is 2. The molecular formula is C22H25ClN2O4. The second kappa shape index (κ2) is 10.4. The van der Waals surface area contributed by atoms with Crippen molar-refractivity contribution in [2.75, 3.05) is 36.6 Å². The van der Waals surface area contributed by atoms with E-state index < -0.39 is 5.92 Å². The Hall–Kier alpha value is -2.41. The maximum Gasteiger partial charge on any atom is 0.229 e. The van der Waals surface area contributed by atoms with Gasteiger partial charge in [0, 0.05) is 36.0 Å². The third kappa shape index (κ3) is 6.03. The summed E-state index contributed by atoms with van der Waals surface area (Å²) in [4.78, 5) is 26.7. The largest absolute Gasteiger partial charge is 0.379 e. The Morgan fingerprint density at radius 3 is 2.76 bits per heavy atom. The van der Waals surface area contributed by atoms with Gasteiger partial charge in [-0.1, -0.05) is 29.8 Å². The molecule has 0 bridgehead atoms. The van der Waals surface area contributed by atoms with Crippen LogP contribution in [0.15, 0.2) is 48.5 Å². The highest BCUT2D eigenvalue weighted by Gasteiger charge is 2.35. The molecule has 0 aromatic heterocycles. The molecule has 1 aliphatic heterocycles. The molecule has 1 heterocycles. The molecule has 3 rings (SSSR count). The first-order valence-electron chi connectivity index (χ1n) is 9.68. The zero-order valence-electron chi connectivity index (χ0n) is 16.4. The van der Waals surface area contributed by atoms with E-state index in [9.17, 15) is 9.59 Å². The van der Waals surface area contributed by atoms with Gasteiger partial charge in [0.1, 0.15) is 0 Å². The van der Waals surface area contributed by atoms with Crippen LogP contribution in [-0.4, -0.2) is 38.2 Å². The molecular weight excluding hydrogens is 392 g/mol. The second-order valence-corrected chi connectivity index (χ2v) is 7.26. The quantitative estimate of drug-likeness (QED) is 0.630. The van der Waals surface area contributed by atoms with Crippen molar-refractivity contribution in [3.63, 3.8) is 0 Å². The van der Waals surface area contributed by atoms with Crippen LogP contribution in [0, 0.1) is 5.92 Å². The highest BCUT2D eigenvalue weighted by Crippen LogP contribution is 2.28. The lowest BCUT2D eigenvalue weighted by atomic mass is 10.1. The van der Waals surface area contributed by atoms with Crippen LogP contribution in [0.25, 0.3) is 0 Å². The first-order chi connectivity index (χ1) is 14.1. The number of halogens is 1. The molecule has 1 atom stereocenters. The van der Waals surface area contributed by atoms with Crippen LogP contribution in [0.4, 0.5) is 11.4 Å². The Bertz CT molecular complexity index is 858. The van der Waals surface area contributed by atoms with E-state index in [0.29, 0.717) is 49.4 Å². The van der Waals surface area contributed by atoms with Gasteiger partial charge in [0.15, 0.2) is 0 Å². The number of rotatable bonds is 9. The summed E-state index contributed by atoms with van der Waals surface area (Å²) in [6.07, 6.45) is 0.179. The van der Waals surface area contributed by atoms with Gasteiger partial charge in [-0.15, -0.1) is 0 Å². The Balaban J connectivity index is 1.55. The average molecular weight is 417 g/mol. The van der Waals surface area contributed by atoms with Crippen molar-refractivity contribution in [2.24, 2.45) is 5.92 Å². The molecule has 7 heteroatoms. The average Bonchev–Trinajstić information content (AvgIpc) is 3.10. The lowest BCUT2D eigenvalue weighted by Gasteiger charge is -2.17. The van der Waals surface area contributed by atoms with Crippen molar-refractivity contribution in [3.8, 4) is 0 Å². The maximum absolute atomic E-state index is 12.7. The molecule has 1 N–H and O–H groups in total. The molecule has 6 nitrogen and oxygen atoms in total. The van der Waals surface area contributed by atoms with E-state index in [-0.39, 0.29) is 18.2 Å². The standard InChI is InChI=1S/C22H25ClN2O4/c1-2-28-9-10-29-15-16-5-3-7-19(11-16)24-22(27)17-12-21(26)25(14-17)20-8-4-6-18(23)13-20/h3-8,11,13,17H,2,9-10,12,14-15H2,1H3,(H,24,27). The van der Waals surface area contributed by atoms with Crippen LogP contribution >= 0.6 is 11.6 Å². The smallest absolute Gasteiger partial charge is 0.229 e. The number of hydrogen-bond acceptors (Lipinski definition) is 4. The molecule has 2 aromatic rings. The third-order valence-corrected chi connectivity index (χ3v) is 4.89. The maximum atomic E-state index is 12.7. The minimum Gasteiger partial charge on any atom is -0.379 e. The summed E-state index contributed by atoms with van der Waals surface area (Å²) in [5, 5.41) is 3.47. The van der Waals surface area contributed by atoms with Gasteiger partial charge < -0.3 is 19.7 Å². The minimum absolute atomic E-state index is 0.0798. The van der Waals surface area contributed by atoms with E-state index in [2.05, 4.69) is 5.32 Å². The van der Waals surface area contributed by atoms with E-state index in [4.69, 9.17) is 21.1 Å². The molecule has 0 spiro atoms. The summed E-state index contributed by atoms with van der Waals surface area (Å²) in [7, 11) is 0. The Morgan fingerprint density at radius 2 is 1.97 bits per heavy atom. The topological polar surface area (TPSA) is 67.9 Å². The zero-order valence-corrected chi connectivity index (χ0v) is 17.2. The molecule has 1 unspecified atom stereocenters. The molecule has 2 amide bonds. The van der Waals surface area contributed by atoms with Crippen molar-refractivity contribution in [3.05, 3.63) is 59.1 Å². The molecule has 1 fully saturated rings. The monoisotopic (exact) mass is 416 g/mol. The van der Waals surface area contributed by atoms with Gasteiger partial charge in [0.05, 0.1) is 25.7 Å². The van der Waals surface area contributed by atoms with Crippen LogP contribution in [0.2, 0.25) is 5.02 Å². The van der Waals surface area contributed by atoms with Gasteiger partial charge in [-0.3, -0.25) is 9.59 Å². The minimum atomic E-state index is -0.410. The zero-order chi connectivity index (χ0) is 20.6. The highest BCUT2D eigenvalue weighted by atomic mass is 35.5. The van der Waals surface area contributed by atoms with Crippen LogP contribution < -0.4 is 10.2 Å². The third-order valence-electron chi connectivity index (χ3n) is 4.66. The second-order valence-electron chi connectivity index (χ2n) is 6.82. The molecule has 29 heavy (non-hydrogen) atoms. The number of amides is 2. The normalized spacial score (nSPS) is 16.3. The number of carbonyl (C=O) groups excluding carboxylic acids is 2. The van der Waals surface area contributed by atoms with E-state index >= 15 is 0 Å². The Morgan fingerprint density at radius 1 is 1.17 bits per heavy atom. The lowest BCUT2D eigenvalue weighted by Crippen LogP contribution is -2.28. The number of benzene rings is 2. The van der Waals surface area contributed by atoms with Crippen LogP contribution in [-0.2, 0) is 25.7 Å². The van der Waals surface area contributed by atoms with Crippen molar-refractivity contribution < 1.29 is 19.1 Å². The molecule has 0 aliphatic carbocycles. The fraction of sp³-hybridized carbons (Fsp3) is 0.364. The molecule has 1 saturated heterocycles. The number of nitrogens with zero attached hydrogens (tertiary/aromatic N) is 1. The molecule has 0 saturated carbocycles.